The number of hydrogen-bond donors (Lipinski definition) is 0. The zero-order valence-electron chi connectivity index (χ0n) is 10.7. The highest BCUT2D eigenvalue weighted by molar-refractivity contribution is 4.95. The molecule has 1 aliphatic heterocycles. The van der Waals surface area contributed by atoms with Crippen molar-refractivity contribution < 1.29 is 9.47 Å². The highest BCUT2D eigenvalue weighted by Gasteiger charge is 2.36. The highest BCUT2D eigenvalue weighted by Crippen LogP contribution is 2.35. The molecule has 1 saturated heterocycles. The van der Waals surface area contributed by atoms with Crippen molar-refractivity contribution in [3.8, 4) is 0 Å². The Bertz CT molecular complexity index is 251. The maximum Gasteiger partial charge on any atom is 0.160 e. The van der Waals surface area contributed by atoms with E-state index in [2.05, 4.69) is 32.9 Å². The molecule has 0 aromatic carbocycles. The van der Waals surface area contributed by atoms with Crippen LogP contribution in [0, 0.1) is 17.3 Å². The number of hydrogen-bond acceptors (Lipinski definition) is 2. The van der Waals surface area contributed by atoms with E-state index >= 15 is 0 Å². The minimum Gasteiger partial charge on any atom is -0.352 e. The average Bonchev–Trinajstić information content (AvgIpc) is 2.31. The summed E-state index contributed by atoms with van der Waals surface area (Å²) in [5, 5.41) is 0. The van der Waals surface area contributed by atoms with E-state index < -0.39 is 0 Å². The van der Waals surface area contributed by atoms with Gasteiger partial charge in [0.1, 0.15) is 0 Å². The lowest BCUT2D eigenvalue weighted by Gasteiger charge is -2.41. The van der Waals surface area contributed by atoms with Crippen LogP contribution in [0.25, 0.3) is 0 Å². The van der Waals surface area contributed by atoms with Crippen LogP contribution in [-0.2, 0) is 9.47 Å². The molecule has 2 heteroatoms. The summed E-state index contributed by atoms with van der Waals surface area (Å²) in [6, 6.07) is 0. The quantitative estimate of drug-likeness (QED) is 0.669. The zero-order valence-corrected chi connectivity index (χ0v) is 10.7. The van der Waals surface area contributed by atoms with Gasteiger partial charge in [0, 0.05) is 11.3 Å². The molecule has 0 N–H and O–H groups in total. The van der Waals surface area contributed by atoms with Crippen LogP contribution in [0.3, 0.4) is 0 Å². The molecule has 1 heterocycles. The summed E-state index contributed by atoms with van der Waals surface area (Å²) in [6.45, 7) is 8.45. The van der Waals surface area contributed by atoms with Gasteiger partial charge in [-0.2, -0.15) is 0 Å². The summed E-state index contributed by atoms with van der Waals surface area (Å²) in [6.07, 6.45) is 7.97. The van der Waals surface area contributed by atoms with Gasteiger partial charge in [0.25, 0.3) is 0 Å². The van der Waals surface area contributed by atoms with Crippen LogP contribution in [-0.4, -0.2) is 19.5 Å². The minimum atomic E-state index is 0.0274. The van der Waals surface area contributed by atoms with E-state index in [0.717, 1.165) is 26.1 Å². The lowest BCUT2D eigenvalue weighted by Crippen LogP contribution is -2.44. The first-order valence-corrected chi connectivity index (χ1v) is 6.53. The maximum atomic E-state index is 5.94. The van der Waals surface area contributed by atoms with Gasteiger partial charge in [0.2, 0.25) is 0 Å². The third-order valence-corrected chi connectivity index (χ3v) is 4.21. The Morgan fingerprint density at radius 3 is 2.38 bits per heavy atom. The molecule has 92 valence electrons. The Morgan fingerprint density at radius 1 is 1.19 bits per heavy atom. The molecular formula is C14H24O2. The van der Waals surface area contributed by atoms with Gasteiger partial charge in [-0.05, 0) is 25.2 Å². The Balaban J connectivity index is 1.91. The van der Waals surface area contributed by atoms with Crippen LogP contribution in [0.1, 0.15) is 40.0 Å². The predicted octanol–water partition coefficient (Wildman–Crippen LogP) is 3.38. The van der Waals surface area contributed by atoms with Crippen LogP contribution in [0.4, 0.5) is 0 Å². The van der Waals surface area contributed by atoms with E-state index in [-0.39, 0.29) is 11.7 Å². The minimum absolute atomic E-state index is 0.0274. The Kier molecular flexibility index (Phi) is 3.70. The third-order valence-electron chi connectivity index (χ3n) is 4.21. The van der Waals surface area contributed by atoms with Gasteiger partial charge >= 0.3 is 0 Å². The predicted molar refractivity (Wildman–Crippen MR) is 65.1 cm³/mol. The van der Waals surface area contributed by atoms with E-state index in [0.29, 0.717) is 11.8 Å². The SMILES string of the molecule is CCC1(C)COC([C@@H]2CC=CC[C@H]2C)OC1. The Hall–Kier alpha value is -0.340. The summed E-state index contributed by atoms with van der Waals surface area (Å²) in [5.41, 5.74) is 0.226. The Morgan fingerprint density at radius 2 is 1.81 bits per heavy atom. The lowest BCUT2D eigenvalue weighted by molar-refractivity contribution is -0.253. The summed E-state index contributed by atoms with van der Waals surface area (Å²) in [7, 11) is 0. The Labute approximate surface area is 99.0 Å². The van der Waals surface area contributed by atoms with Crippen LogP contribution in [0.5, 0.6) is 0 Å². The second-order valence-corrected chi connectivity index (χ2v) is 5.74. The van der Waals surface area contributed by atoms with Crippen LogP contribution < -0.4 is 0 Å². The van der Waals surface area contributed by atoms with Crippen molar-refractivity contribution in [3.63, 3.8) is 0 Å². The van der Waals surface area contributed by atoms with E-state index in [1.807, 2.05) is 0 Å². The van der Waals surface area contributed by atoms with Crippen LogP contribution in [0.15, 0.2) is 12.2 Å². The van der Waals surface area contributed by atoms with Gasteiger partial charge in [-0.1, -0.05) is 32.9 Å². The third kappa shape index (κ3) is 2.49. The van der Waals surface area contributed by atoms with Gasteiger partial charge in [0.15, 0.2) is 6.29 Å². The fourth-order valence-electron chi connectivity index (χ4n) is 2.46. The molecule has 1 fully saturated rings. The molecule has 1 aliphatic carbocycles. The van der Waals surface area contributed by atoms with E-state index in [4.69, 9.17) is 9.47 Å². The van der Waals surface area contributed by atoms with Gasteiger partial charge < -0.3 is 9.47 Å². The normalized spacial score (nSPS) is 44.6. The monoisotopic (exact) mass is 224 g/mol. The largest absolute Gasteiger partial charge is 0.352 e. The first-order valence-electron chi connectivity index (χ1n) is 6.53. The summed E-state index contributed by atoms with van der Waals surface area (Å²) >= 11 is 0. The first kappa shape index (κ1) is 12.1. The lowest BCUT2D eigenvalue weighted by atomic mass is 9.82. The molecule has 2 nitrogen and oxygen atoms in total. The molecule has 0 aromatic heterocycles. The van der Waals surface area contributed by atoms with Crippen molar-refractivity contribution in [1.29, 1.82) is 0 Å². The van der Waals surface area contributed by atoms with Gasteiger partial charge in [-0.25, -0.2) is 0 Å². The van der Waals surface area contributed by atoms with Crippen molar-refractivity contribution in [2.24, 2.45) is 17.3 Å². The molecule has 0 unspecified atom stereocenters. The molecule has 0 saturated carbocycles. The maximum absolute atomic E-state index is 5.94. The second-order valence-electron chi connectivity index (χ2n) is 5.74. The number of ether oxygens (including phenoxy) is 2. The van der Waals surface area contributed by atoms with Crippen molar-refractivity contribution in [3.05, 3.63) is 12.2 Å². The van der Waals surface area contributed by atoms with Crippen LogP contribution in [0.2, 0.25) is 0 Å². The molecule has 0 amide bonds. The van der Waals surface area contributed by atoms with Crippen molar-refractivity contribution in [2.45, 2.75) is 46.3 Å². The molecule has 2 aliphatic rings. The molecule has 0 aromatic rings. The molecule has 2 rings (SSSR count). The van der Waals surface area contributed by atoms with E-state index in [1.54, 1.807) is 0 Å². The molecular weight excluding hydrogens is 200 g/mol. The standard InChI is InChI=1S/C14H24O2/c1-4-14(3)9-15-13(16-10-14)12-8-6-5-7-11(12)2/h5-6,11-13H,4,7-10H2,1-3H3/t11-,12-,13?,14?/m1/s1. The van der Waals surface area contributed by atoms with Gasteiger partial charge in [-0.3, -0.25) is 0 Å². The van der Waals surface area contributed by atoms with Crippen molar-refractivity contribution in [1.82, 2.24) is 0 Å². The number of rotatable bonds is 2. The number of allylic oxidation sites excluding steroid dienone is 2. The van der Waals surface area contributed by atoms with Crippen molar-refractivity contribution in [2.75, 3.05) is 13.2 Å². The average molecular weight is 224 g/mol. The van der Waals surface area contributed by atoms with Gasteiger partial charge in [-0.15, -0.1) is 0 Å². The fraction of sp³-hybridized carbons (Fsp3) is 0.857. The van der Waals surface area contributed by atoms with Crippen molar-refractivity contribution >= 4 is 0 Å². The fourth-order valence-corrected chi connectivity index (χ4v) is 2.46. The highest BCUT2D eigenvalue weighted by atomic mass is 16.7. The smallest absolute Gasteiger partial charge is 0.160 e. The first-order chi connectivity index (χ1) is 7.64. The topological polar surface area (TPSA) is 18.5 Å². The molecule has 2 atom stereocenters. The molecule has 0 spiro atoms. The second kappa shape index (κ2) is 4.89. The summed E-state index contributed by atoms with van der Waals surface area (Å²) in [5.74, 6) is 1.23. The van der Waals surface area contributed by atoms with E-state index in [9.17, 15) is 0 Å². The summed E-state index contributed by atoms with van der Waals surface area (Å²) in [4.78, 5) is 0. The molecule has 0 bridgehead atoms. The van der Waals surface area contributed by atoms with E-state index in [1.165, 1.54) is 6.42 Å². The molecule has 16 heavy (non-hydrogen) atoms. The molecule has 0 radical (unpaired) electrons. The zero-order chi connectivity index (χ0) is 11.6. The van der Waals surface area contributed by atoms with Crippen LogP contribution >= 0.6 is 0 Å². The summed E-state index contributed by atoms with van der Waals surface area (Å²) < 4.78 is 11.9. The van der Waals surface area contributed by atoms with Gasteiger partial charge in [0.05, 0.1) is 13.2 Å².